The Hall–Kier alpha value is -1.77. The van der Waals surface area contributed by atoms with Gasteiger partial charge in [0.15, 0.2) is 0 Å². The lowest BCUT2D eigenvalue weighted by atomic mass is 10.1. The van der Waals surface area contributed by atoms with E-state index in [1.54, 1.807) is 6.08 Å². The van der Waals surface area contributed by atoms with Crippen LogP contribution in [0.5, 0.6) is 0 Å². The Kier molecular flexibility index (Phi) is 3.47. The molecule has 0 aliphatic carbocycles. The lowest BCUT2D eigenvalue weighted by Gasteiger charge is -2.25. The first-order valence-corrected chi connectivity index (χ1v) is 5.95. The van der Waals surface area contributed by atoms with Crippen LogP contribution in [0.15, 0.2) is 30.3 Å². The molecule has 0 saturated carbocycles. The largest absolute Gasteiger partial charge is 0.478 e. The molecule has 1 aromatic rings. The molecule has 1 aromatic carbocycles. The van der Waals surface area contributed by atoms with E-state index in [2.05, 4.69) is 17.9 Å². The topological polar surface area (TPSA) is 40.5 Å². The summed E-state index contributed by atoms with van der Waals surface area (Å²) in [7, 11) is 0. The molecule has 0 amide bonds. The molecule has 3 heteroatoms. The monoisotopic (exact) mass is 231 g/mol. The Morgan fingerprint density at radius 1 is 1.47 bits per heavy atom. The molecule has 1 aliphatic heterocycles. The van der Waals surface area contributed by atoms with Crippen LogP contribution in [0.25, 0.3) is 6.08 Å². The van der Waals surface area contributed by atoms with Gasteiger partial charge in [0.2, 0.25) is 0 Å². The molecule has 1 fully saturated rings. The molecule has 3 nitrogen and oxygen atoms in total. The molecule has 1 heterocycles. The fourth-order valence-electron chi connectivity index (χ4n) is 2.34. The average molecular weight is 231 g/mol. The van der Waals surface area contributed by atoms with Crippen molar-refractivity contribution in [1.82, 2.24) is 0 Å². The molecule has 0 spiro atoms. The van der Waals surface area contributed by atoms with Gasteiger partial charge >= 0.3 is 5.97 Å². The number of rotatable bonds is 3. The lowest BCUT2D eigenvalue weighted by Crippen LogP contribution is -2.26. The predicted molar refractivity (Wildman–Crippen MR) is 69.2 cm³/mol. The Morgan fingerprint density at radius 2 is 2.24 bits per heavy atom. The number of hydrogen-bond acceptors (Lipinski definition) is 2. The molecule has 0 aromatic heterocycles. The Balaban J connectivity index is 2.30. The van der Waals surface area contributed by atoms with Gasteiger partial charge in [0.05, 0.1) is 0 Å². The summed E-state index contributed by atoms with van der Waals surface area (Å²) < 4.78 is 0. The van der Waals surface area contributed by atoms with E-state index in [1.807, 2.05) is 18.2 Å². The highest BCUT2D eigenvalue weighted by Crippen LogP contribution is 2.29. The molecule has 1 N–H and O–H groups in total. The summed E-state index contributed by atoms with van der Waals surface area (Å²) in [5, 5.41) is 8.68. The van der Waals surface area contributed by atoms with Crippen LogP contribution in [0.2, 0.25) is 0 Å². The van der Waals surface area contributed by atoms with E-state index in [0.717, 1.165) is 17.8 Å². The molecule has 17 heavy (non-hydrogen) atoms. The highest BCUT2D eigenvalue weighted by atomic mass is 16.4. The molecule has 1 saturated heterocycles. The molecule has 2 rings (SSSR count). The number of aliphatic carboxylic acids is 1. The second kappa shape index (κ2) is 5.04. The van der Waals surface area contributed by atoms with E-state index in [-0.39, 0.29) is 0 Å². The van der Waals surface area contributed by atoms with Gasteiger partial charge < -0.3 is 10.0 Å². The van der Waals surface area contributed by atoms with Gasteiger partial charge in [-0.3, -0.25) is 0 Å². The third kappa shape index (κ3) is 2.67. The fourth-order valence-corrected chi connectivity index (χ4v) is 2.34. The van der Waals surface area contributed by atoms with E-state index in [9.17, 15) is 4.79 Å². The van der Waals surface area contributed by atoms with E-state index < -0.39 is 5.97 Å². The number of carboxylic acids is 1. The van der Waals surface area contributed by atoms with Crippen molar-refractivity contribution in [2.75, 3.05) is 11.4 Å². The standard InChI is InChI=1S/C14H17NO2/c1-11-5-4-10-15(11)13-7-3-2-6-12(13)8-9-14(16)17/h2-3,6-9,11H,4-5,10H2,1H3,(H,16,17)/b9-8+. The lowest BCUT2D eigenvalue weighted by molar-refractivity contribution is -0.131. The third-order valence-electron chi connectivity index (χ3n) is 3.20. The minimum atomic E-state index is -0.908. The van der Waals surface area contributed by atoms with Gasteiger partial charge in [-0.1, -0.05) is 18.2 Å². The van der Waals surface area contributed by atoms with Gasteiger partial charge in [-0.15, -0.1) is 0 Å². The van der Waals surface area contributed by atoms with Crippen LogP contribution in [0, 0.1) is 0 Å². The van der Waals surface area contributed by atoms with Gasteiger partial charge in [0.1, 0.15) is 0 Å². The van der Waals surface area contributed by atoms with Crippen LogP contribution in [-0.2, 0) is 4.79 Å². The van der Waals surface area contributed by atoms with Crippen molar-refractivity contribution >= 4 is 17.7 Å². The number of para-hydroxylation sites is 1. The second-order valence-corrected chi connectivity index (χ2v) is 4.42. The van der Waals surface area contributed by atoms with Gasteiger partial charge in [-0.25, -0.2) is 4.79 Å². The van der Waals surface area contributed by atoms with Gasteiger partial charge in [-0.05, 0) is 37.5 Å². The Morgan fingerprint density at radius 3 is 2.88 bits per heavy atom. The number of nitrogens with zero attached hydrogens (tertiary/aromatic N) is 1. The van der Waals surface area contributed by atoms with E-state index >= 15 is 0 Å². The van der Waals surface area contributed by atoms with Crippen LogP contribution >= 0.6 is 0 Å². The molecule has 1 unspecified atom stereocenters. The van der Waals surface area contributed by atoms with E-state index in [0.29, 0.717) is 6.04 Å². The summed E-state index contributed by atoms with van der Waals surface area (Å²) in [5.74, 6) is -0.908. The summed E-state index contributed by atoms with van der Waals surface area (Å²) in [4.78, 5) is 12.9. The quantitative estimate of drug-likeness (QED) is 0.813. The molecule has 1 atom stereocenters. The first-order chi connectivity index (χ1) is 8.18. The molecular formula is C14H17NO2. The highest BCUT2D eigenvalue weighted by Gasteiger charge is 2.21. The fraction of sp³-hybridized carbons (Fsp3) is 0.357. The van der Waals surface area contributed by atoms with Crippen molar-refractivity contribution in [2.45, 2.75) is 25.8 Å². The van der Waals surface area contributed by atoms with E-state index in [4.69, 9.17) is 5.11 Å². The first kappa shape index (κ1) is 11.7. The zero-order valence-electron chi connectivity index (χ0n) is 9.97. The van der Waals surface area contributed by atoms with Crippen molar-refractivity contribution < 1.29 is 9.90 Å². The zero-order valence-corrected chi connectivity index (χ0v) is 9.97. The number of carboxylic acid groups (broad SMARTS) is 1. The summed E-state index contributed by atoms with van der Waals surface area (Å²) >= 11 is 0. The number of hydrogen-bond donors (Lipinski definition) is 1. The molecule has 1 aliphatic rings. The van der Waals surface area contributed by atoms with Crippen LogP contribution in [0.4, 0.5) is 5.69 Å². The van der Waals surface area contributed by atoms with Gasteiger partial charge in [0, 0.05) is 24.4 Å². The van der Waals surface area contributed by atoms with Crippen molar-refractivity contribution in [1.29, 1.82) is 0 Å². The van der Waals surface area contributed by atoms with Gasteiger partial charge in [0.25, 0.3) is 0 Å². The number of benzene rings is 1. The minimum absolute atomic E-state index is 0.536. The summed E-state index contributed by atoms with van der Waals surface area (Å²) in [6.07, 6.45) is 5.28. The molecule has 0 bridgehead atoms. The summed E-state index contributed by atoms with van der Waals surface area (Å²) in [6, 6.07) is 8.49. The summed E-state index contributed by atoms with van der Waals surface area (Å²) in [6.45, 7) is 3.27. The van der Waals surface area contributed by atoms with Gasteiger partial charge in [-0.2, -0.15) is 0 Å². The second-order valence-electron chi connectivity index (χ2n) is 4.42. The van der Waals surface area contributed by atoms with Crippen LogP contribution in [0.3, 0.4) is 0 Å². The minimum Gasteiger partial charge on any atom is -0.478 e. The van der Waals surface area contributed by atoms with Crippen molar-refractivity contribution in [2.24, 2.45) is 0 Å². The maximum Gasteiger partial charge on any atom is 0.328 e. The SMILES string of the molecule is CC1CCCN1c1ccccc1/C=C/C(=O)O. The molecule has 0 radical (unpaired) electrons. The number of anilines is 1. The van der Waals surface area contributed by atoms with E-state index in [1.165, 1.54) is 18.9 Å². The highest BCUT2D eigenvalue weighted by molar-refractivity contribution is 5.87. The third-order valence-corrected chi connectivity index (χ3v) is 3.20. The molecule has 90 valence electrons. The normalized spacial score (nSPS) is 20.1. The predicted octanol–water partition coefficient (Wildman–Crippen LogP) is 2.77. The van der Waals surface area contributed by atoms with Crippen LogP contribution in [0.1, 0.15) is 25.3 Å². The maximum atomic E-state index is 10.6. The Bertz CT molecular complexity index is 440. The number of carbonyl (C=O) groups is 1. The van der Waals surface area contributed by atoms with Crippen LogP contribution < -0.4 is 4.90 Å². The maximum absolute atomic E-state index is 10.6. The van der Waals surface area contributed by atoms with Crippen LogP contribution in [-0.4, -0.2) is 23.7 Å². The first-order valence-electron chi connectivity index (χ1n) is 5.95. The van der Waals surface area contributed by atoms with Crippen molar-refractivity contribution in [3.05, 3.63) is 35.9 Å². The van der Waals surface area contributed by atoms with Crippen molar-refractivity contribution in [3.8, 4) is 0 Å². The summed E-state index contributed by atoms with van der Waals surface area (Å²) in [5.41, 5.74) is 2.11. The smallest absolute Gasteiger partial charge is 0.328 e. The Labute approximate surface area is 101 Å². The zero-order chi connectivity index (χ0) is 12.3. The van der Waals surface area contributed by atoms with Crippen molar-refractivity contribution in [3.63, 3.8) is 0 Å². The average Bonchev–Trinajstić information content (AvgIpc) is 2.73. The molecular weight excluding hydrogens is 214 g/mol.